The molecular formula is C18H24F4N6O2S. The van der Waals surface area contributed by atoms with Gasteiger partial charge in [-0.1, -0.05) is 0 Å². The second kappa shape index (κ2) is 8.69. The number of hydrogen-bond donors (Lipinski definition) is 2. The molecule has 2 aromatic rings. The van der Waals surface area contributed by atoms with Crippen molar-refractivity contribution < 1.29 is 26.0 Å². The number of halogens is 4. The molecule has 1 aliphatic heterocycles. The molecule has 0 bridgehead atoms. The molecule has 1 saturated heterocycles. The van der Waals surface area contributed by atoms with Gasteiger partial charge in [-0.05, 0) is 32.8 Å². The maximum Gasteiger partial charge on any atom is 0.408 e. The van der Waals surface area contributed by atoms with Crippen LogP contribution < -0.4 is 10.6 Å². The van der Waals surface area contributed by atoms with Crippen molar-refractivity contribution in [2.45, 2.75) is 51.1 Å². The highest BCUT2D eigenvalue weighted by Crippen LogP contribution is 2.29. The lowest BCUT2D eigenvalue weighted by Gasteiger charge is -2.30. The zero-order chi connectivity index (χ0) is 23.0. The van der Waals surface area contributed by atoms with Crippen molar-refractivity contribution in [3.63, 3.8) is 0 Å². The Kier molecular flexibility index (Phi) is 6.56. The molecule has 1 fully saturated rings. The molecule has 31 heavy (non-hydrogen) atoms. The highest BCUT2D eigenvalue weighted by molar-refractivity contribution is 7.88. The fourth-order valence-corrected chi connectivity index (χ4v) is 4.11. The van der Waals surface area contributed by atoms with Crippen LogP contribution in [0.5, 0.6) is 0 Å². The summed E-state index contributed by atoms with van der Waals surface area (Å²) in [5.41, 5.74) is 0.105. The van der Waals surface area contributed by atoms with E-state index in [0.29, 0.717) is 31.3 Å². The third-order valence-corrected chi connectivity index (χ3v) is 6.40. The van der Waals surface area contributed by atoms with Crippen LogP contribution in [-0.2, 0) is 10.0 Å². The molecule has 3 rings (SSSR count). The Bertz CT molecular complexity index is 1040. The SMILES string of the molecule is CC(F)c1cc2cnc(NC3CCN(S(C)(=O)=O)CC3)nc2c(NC(C)C(F)(F)F)n1. The number of hydrogen-bond acceptors (Lipinski definition) is 7. The van der Waals surface area contributed by atoms with Gasteiger partial charge < -0.3 is 10.6 Å². The van der Waals surface area contributed by atoms with E-state index >= 15 is 0 Å². The normalized spacial score (nSPS) is 18.7. The molecule has 0 radical (unpaired) electrons. The summed E-state index contributed by atoms with van der Waals surface area (Å²) in [6.07, 6.45) is -2.39. The zero-order valence-electron chi connectivity index (χ0n) is 17.2. The third-order valence-electron chi connectivity index (χ3n) is 5.09. The van der Waals surface area contributed by atoms with E-state index in [1.807, 2.05) is 0 Å². The van der Waals surface area contributed by atoms with Gasteiger partial charge in [0, 0.05) is 30.7 Å². The molecule has 172 valence electrons. The first-order chi connectivity index (χ1) is 14.3. The van der Waals surface area contributed by atoms with Gasteiger partial charge in [-0.25, -0.2) is 32.1 Å². The van der Waals surface area contributed by atoms with E-state index in [2.05, 4.69) is 25.6 Å². The van der Waals surface area contributed by atoms with Crippen molar-refractivity contribution in [1.29, 1.82) is 0 Å². The van der Waals surface area contributed by atoms with Gasteiger partial charge in [-0.15, -0.1) is 0 Å². The Morgan fingerprint density at radius 2 is 1.84 bits per heavy atom. The van der Waals surface area contributed by atoms with Crippen molar-refractivity contribution >= 4 is 32.7 Å². The van der Waals surface area contributed by atoms with Crippen molar-refractivity contribution in [2.75, 3.05) is 30.0 Å². The van der Waals surface area contributed by atoms with Crippen LogP contribution in [0.15, 0.2) is 12.3 Å². The number of aromatic nitrogens is 3. The van der Waals surface area contributed by atoms with Crippen molar-refractivity contribution in [2.24, 2.45) is 0 Å². The standard InChI is InChI=1S/C18H24F4N6O2S/c1-10(19)14-8-12-9-23-17(25-13-4-6-28(7-5-13)31(3,29)30)27-15(12)16(26-14)24-11(2)18(20,21)22/h8-11,13H,4-7H2,1-3H3,(H,24,26)(H,23,25,27). The molecule has 0 aromatic carbocycles. The third kappa shape index (κ3) is 5.70. The molecule has 2 aromatic heterocycles. The summed E-state index contributed by atoms with van der Waals surface area (Å²) < 4.78 is 77.6. The lowest BCUT2D eigenvalue weighted by molar-refractivity contribution is -0.138. The van der Waals surface area contributed by atoms with Crippen LogP contribution in [-0.4, -0.2) is 65.3 Å². The molecule has 1 aliphatic rings. The number of rotatable bonds is 6. The Balaban J connectivity index is 1.86. The fraction of sp³-hybridized carbons (Fsp3) is 0.611. The minimum atomic E-state index is -4.52. The summed E-state index contributed by atoms with van der Waals surface area (Å²) in [6.45, 7) is 2.87. The first kappa shape index (κ1) is 23.4. The number of piperidine rings is 1. The summed E-state index contributed by atoms with van der Waals surface area (Å²) in [5, 5.41) is 5.73. The molecule has 2 atom stereocenters. The second-order valence-electron chi connectivity index (χ2n) is 7.63. The lowest BCUT2D eigenvalue weighted by Crippen LogP contribution is -2.42. The van der Waals surface area contributed by atoms with E-state index in [0.717, 1.165) is 13.2 Å². The van der Waals surface area contributed by atoms with Crippen LogP contribution in [0, 0.1) is 0 Å². The van der Waals surface area contributed by atoms with Gasteiger partial charge in [0.2, 0.25) is 16.0 Å². The summed E-state index contributed by atoms with van der Waals surface area (Å²) in [4.78, 5) is 12.5. The predicted octanol–water partition coefficient (Wildman–Crippen LogP) is 3.25. The van der Waals surface area contributed by atoms with Gasteiger partial charge in [-0.3, -0.25) is 0 Å². The Morgan fingerprint density at radius 1 is 1.19 bits per heavy atom. The van der Waals surface area contributed by atoms with Crippen molar-refractivity contribution in [1.82, 2.24) is 19.3 Å². The van der Waals surface area contributed by atoms with E-state index in [4.69, 9.17) is 0 Å². The van der Waals surface area contributed by atoms with Gasteiger partial charge in [-0.2, -0.15) is 13.2 Å². The zero-order valence-corrected chi connectivity index (χ0v) is 18.1. The van der Waals surface area contributed by atoms with E-state index < -0.39 is 28.4 Å². The molecule has 8 nitrogen and oxygen atoms in total. The molecule has 2 unspecified atom stereocenters. The minimum absolute atomic E-state index is 0.0261. The van der Waals surface area contributed by atoms with Crippen molar-refractivity contribution in [3.8, 4) is 0 Å². The fourth-order valence-electron chi connectivity index (χ4n) is 3.24. The van der Waals surface area contributed by atoms with Crippen LogP contribution in [0.4, 0.5) is 29.3 Å². The van der Waals surface area contributed by atoms with Crippen molar-refractivity contribution in [3.05, 3.63) is 18.0 Å². The van der Waals surface area contributed by atoms with Gasteiger partial charge in [0.05, 0.1) is 11.9 Å². The number of anilines is 2. The average Bonchev–Trinajstić information content (AvgIpc) is 2.67. The average molecular weight is 464 g/mol. The van der Waals surface area contributed by atoms with Crippen LogP contribution in [0.25, 0.3) is 10.9 Å². The van der Waals surface area contributed by atoms with Crippen LogP contribution in [0.2, 0.25) is 0 Å². The molecule has 2 N–H and O–H groups in total. The van der Waals surface area contributed by atoms with Gasteiger partial charge in [0.15, 0.2) is 5.82 Å². The first-order valence-electron chi connectivity index (χ1n) is 9.71. The van der Waals surface area contributed by atoms with E-state index in [1.165, 1.54) is 23.5 Å². The minimum Gasteiger partial charge on any atom is -0.357 e. The number of alkyl halides is 4. The first-order valence-corrected chi connectivity index (χ1v) is 11.6. The number of pyridine rings is 1. The summed E-state index contributed by atoms with van der Waals surface area (Å²) >= 11 is 0. The van der Waals surface area contributed by atoms with Crippen LogP contribution in [0.3, 0.4) is 0 Å². The van der Waals surface area contributed by atoms with Crippen LogP contribution >= 0.6 is 0 Å². The smallest absolute Gasteiger partial charge is 0.357 e. The lowest BCUT2D eigenvalue weighted by atomic mass is 10.1. The number of nitrogens with zero attached hydrogens (tertiary/aromatic N) is 4. The Morgan fingerprint density at radius 3 is 2.39 bits per heavy atom. The van der Waals surface area contributed by atoms with E-state index in [9.17, 15) is 26.0 Å². The summed E-state index contributed by atoms with van der Waals surface area (Å²) in [6, 6.07) is -0.614. The molecule has 0 spiro atoms. The maximum atomic E-state index is 13.8. The Labute approximate surface area is 177 Å². The molecule has 0 aliphatic carbocycles. The second-order valence-corrected chi connectivity index (χ2v) is 9.61. The topological polar surface area (TPSA) is 100 Å². The Hall–Kier alpha value is -2.28. The van der Waals surface area contributed by atoms with E-state index in [-0.39, 0.29) is 29.0 Å². The highest BCUT2D eigenvalue weighted by atomic mass is 32.2. The molecule has 3 heterocycles. The molecule has 0 saturated carbocycles. The number of fused-ring (bicyclic) bond motifs is 1. The molecular weight excluding hydrogens is 440 g/mol. The van der Waals surface area contributed by atoms with E-state index in [1.54, 1.807) is 0 Å². The van der Waals surface area contributed by atoms with Gasteiger partial charge in [0.25, 0.3) is 0 Å². The van der Waals surface area contributed by atoms with Gasteiger partial charge >= 0.3 is 6.18 Å². The molecule has 0 amide bonds. The summed E-state index contributed by atoms with van der Waals surface area (Å²) in [5.74, 6) is -0.00460. The van der Waals surface area contributed by atoms with Gasteiger partial charge in [0.1, 0.15) is 17.7 Å². The quantitative estimate of drug-likeness (QED) is 0.633. The highest BCUT2D eigenvalue weighted by Gasteiger charge is 2.36. The monoisotopic (exact) mass is 464 g/mol. The predicted molar refractivity (Wildman–Crippen MR) is 109 cm³/mol. The van der Waals surface area contributed by atoms with Crippen LogP contribution in [0.1, 0.15) is 38.6 Å². The molecule has 13 heteroatoms. The number of nitrogens with one attached hydrogen (secondary N) is 2. The number of sulfonamides is 1. The maximum absolute atomic E-state index is 13.8. The summed E-state index contributed by atoms with van der Waals surface area (Å²) in [7, 11) is -3.26. The largest absolute Gasteiger partial charge is 0.408 e.